The molecule has 0 radical (unpaired) electrons. The Hall–Kier alpha value is -0.170. The number of hydrogen-bond donors (Lipinski definition) is 1. The van der Waals surface area contributed by atoms with E-state index in [9.17, 15) is 8.42 Å². The van der Waals surface area contributed by atoms with E-state index >= 15 is 0 Å². The van der Waals surface area contributed by atoms with Crippen molar-refractivity contribution in [1.82, 2.24) is 8.61 Å². The molecule has 0 aromatic carbocycles. The third-order valence-corrected chi connectivity index (χ3v) is 6.41. The normalized spacial score (nSPS) is 28.9. The van der Waals surface area contributed by atoms with Crippen LogP contribution in [0, 0.1) is 5.92 Å². The first-order valence-corrected chi connectivity index (χ1v) is 8.46. The van der Waals surface area contributed by atoms with E-state index in [0.29, 0.717) is 32.1 Å². The molecule has 1 atom stereocenters. The second kappa shape index (κ2) is 5.86. The first-order valence-electron chi connectivity index (χ1n) is 7.06. The molecule has 18 heavy (non-hydrogen) atoms. The van der Waals surface area contributed by atoms with Crippen molar-refractivity contribution in [3.8, 4) is 0 Å². The van der Waals surface area contributed by atoms with Gasteiger partial charge in [-0.05, 0) is 44.6 Å². The molecule has 2 N–H and O–H groups in total. The minimum absolute atomic E-state index is 0.210. The SMILES string of the molecule is CCC1CCCN1S(=O)(=O)N1CCC(CN)CC1. The molecule has 0 aromatic rings. The molecule has 2 fully saturated rings. The second-order valence-corrected chi connectivity index (χ2v) is 7.28. The molecule has 0 bridgehead atoms. The molecule has 2 aliphatic heterocycles. The van der Waals surface area contributed by atoms with Gasteiger partial charge in [-0.15, -0.1) is 0 Å². The minimum Gasteiger partial charge on any atom is -0.330 e. The summed E-state index contributed by atoms with van der Waals surface area (Å²) in [6.07, 6.45) is 4.73. The van der Waals surface area contributed by atoms with Crippen molar-refractivity contribution >= 4 is 10.2 Å². The maximum Gasteiger partial charge on any atom is 0.282 e. The summed E-state index contributed by atoms with van der Waals surface area (Å²) < 4.78 is 28.5. The molecule has 0 spiro atoms. The monoisotopic (exact) mass is 275 g/mol. The van der Waals surface area contributed by atoms with Gasteiger partial charge in [0.05, 0.1) is 0 Å². The molecule has 0 saturated carbocycles. The molecular formula is C12H25N3O2S. The van der Waals surface area contributed by atoms with Crippen LogP contribution < -0.4 is 5.73 Å². The van der Waals surface area contributed by atoms with E-state index in [1.807, 2.05) is 0 Å². The molecule has 0 amide bonds. The summed E-state index contributed by atoms with van der Waals surface area (Å²) in [7, 11) is -3.23. The summed E-state index contributed by atoms with van der Waals surface area (Å²) >= 11 is 0. The molecule has 2 heterocycles. The number of nitrogens with two attached hydrogens (primary N) is 1. The lowest BCUT2D eigenvalue weighted by atomic mass is 9.99. The van der Waals surface area contributed by atoms with E-state index in [2.05, 4.69) is 6.92 Å². The zero-order chi connectivity index (χ0) is 13.2. The van der Waals surface area contributed by atoms with E-state index < -0.39 is 10.2 Å². The molecule has 2 aliphatic rings. The van der Waals surface area contributed by atoms with Crippen LogP contribution in [-0.4, -0.2) is 49.2 Å². The first-order chi connectivity index (χ1) is 8.59. The summed E-state index contributed by atoms with van der Waals surface area (Å²) in [5.41, 5.74) is 5.65. The van der Waals surface area contributed by atoms with Gasteiger partial charge in [-0.25, -0.2) is 0 Å². The number of nitrogens with zero attached hydrogens (tertiary/aromatic N) is 2. The highest BCUT2D eigenvalue weighted by Crippen LogP contribution is 2.27. The van der Waals surface area contributed by atoms with Gasteiger partial charge in [-0.3, -0.25) is 0 Å². The third-order valence-electron chi connectivity index (χ3n) is 4.32. The summed E-state index contributed by atoms with van der Waals surface area (Å²) in [6, 6.07) is 0.210. The molecule has 0 aliphatic carbocycles. The fraction of sp³-hybridized carbons (Fsp3) is 1.00. The number of rotatable bonds is 4. The first kappa shape index (κ1) is 14.2. The standard InChI is InChI=1S/C12H25N3O2S/c1-2-12-4-3-7-15(12)18(16,17)14-8-5-11(10-13)6-9-14/h11-12H,2-10,13H2,1H3. The molecule has 6 heteroatoms. The quantitative estimate of drug-likeness (QED) is 0.824. The Morgan fingerprint density at radius 3 is 2.39 bits per heavy atom. The van der Waals surface area contributed by atoms with E-state index in [-0.39, 0.29) is 6.04 Å². The lowest BCUT2D eigenvalue weighted by molar-refractivity contribution is 0.252. The average Bonchev–Trinajstić information content (AvgIpc) is 2.88. The van der Waals surface area contributed by atoms with Gasteiger partial charge in [0.25, 0.3) is 10.2 Å². The van der Waals surface area contributed by atoms with E-state index in [0.717, 1.165) is 32.1 Å². The van der Waals surface area contributed by atoms with Crippen molar-refractivity contribution in [3.05, 3.63) is 0 Å². The zero-order valence-corrected chi connectivity index (χ0v) is 12.0. The van der Waals surface area contributed by atoms with Crippen LogP contribution in [0.15, 0.2) is 0 Å². The fourth-order valence-corrected chi connectivity index (χ4v) is 5.00. The molecule has 106 valence electrons. The Balaban J connectivity index is 2.03. The van der Waals surface area contributed by atoms with Gasteiger partial charge in [0, 0.05) is 25.7 Å². The minimum atomic E-state index is -3.23. The van der Waals surface area contributed by atoms with E-state index in [4.69, 9.17) is 5.73 Å². The topological polar surface area (TPSA) is 66.6 Å². The molecule has 5 nitrogen and oxygen atoms in total. The number of piperidine rings is 1. The maximum atomic E-state index is 12.6. The van der Waals surface area contributed by atoms with Gasteiger partial charge in [-0.1, -0.05) is 6.92 Å². The zero-order valence-electron chi connectivity index (χ0n) is 11.2. The highest BCUT2D eigenvalue weighted by Gasteiger charge is 2.38. The largest absolute Gasteiger partial charge is 0.330 e. The lowest BCUT2D eigenvalue weighted by Crippen LogP contribution is -2.49. The van der Waals surface area contributed by atoms with Crippen molar-refractivity contribution in [2.45, 2.75) is 45.1 Å². The number of hydrogen-bond acceptors (Lipinski definition) is 3. The van der Waals surface area contributed by atoms with Gasteiger partial charge in [0.1, 0.15) is 0 Å². The van der Waals surface area contributed by atoms with E-state index in [1.165, 1.54) is 0 Å². The highest BCUT2D eigenvalue weighted by molar-refractivity contribution is 7.86. The van der Waals surface area contributed by atoms with Gasteiger partial charge in [0.15, 0.2) is 0 Å². The predicted octanol–water partition coefficient (Wildman–Crippen LogP) is 0.776. The predicted molar refractivity (Wildman–Crippen MR) is 72.3 cm³/mol. The van der Waals surface area contributed by atoms with Crippen molar-refractivity contribution < 1.29 is 8.42 Å². The van der Waals surface area contributed by atoms with Gasteiger partial charge < -0.3 is 5.73 Å². The highest BCUT2D eigenvalue weighted by atomic mass is 32.2. The Morgan fingerprint density at radius 1 is 1.17 bits per heavy atom. The van der Waals surface area contributed by atoms with E-state index in [1.54, 1.807) is 8.61 Å². The van der Waals surface area contributed by atoms with Gasteiger partial charge in [0.2, 0.25) is 0 Å². The fourth-order valence-electron chi connectivity index (χ4n) is 3.04. The summed E-state index contributed by atoms with van der Waals surface area (Å²) in [4.78, 5) is 0. The molecule has 2 rings (SSSR count). The average molecular weight is 275 g/mol. The Morgan fingerprint density at radius 2 is 1.83 bits per heavy atom. The molecular weight excluding hydrogens is 250 g/mol. The third kappa shape index (κ3) is 2.71. The Kier molecular flexibility index (Phi) is 4.64. The maximum absolute atomic E-state index is 12.6. The smallest absolute Gasteiger partial charge is 0.282 e. The van der Waals surface area contributed by atoms with Crippen LogP contribution >= 0.6 is 0 Å². The lowest BCUT2D eigenvalue weighted by Gasteiger charge is -2.35. The van der Waals surface area contributed by atoms with Crippen molar-refractivity contribution in [2.24, 2.45) is 11.7 Å². The van der Waals surface area contributed by atoms with Gasteiger partial charge >= 0.3 is 0 Å². The Labute approximate surface area is 110 Å². The summed E-state index contributed by atoms with van der Waals surface area (Å²) in [6.45, 7) is 4.71. The molecule has 1 unspecified atom stereocenters. The second-order valence-electron chi connectivity index (χ2n) is 5.40. The molecule has 2 saturated heterocycles. The Bertz CT molecular complexity index is 364. The summed E-state index contributed by atoms with van der Waals surface area (Å²) in [5, 5.41) is 0. The van der Waals surface area contributed by atoms with Crippen molar-refractivity contribution in [2.75, 3.05) is 26.2 Å². The van der Waals surface area contributed by atoms with Crippen LogP contribution in [0.3, 0.4) is 0 Å². The van der Waals surface area contributed by atoms with Gasteiger partial charge in [-0.2, -0.15) is 17.0 Å². The van der Waals surface area contributed by atoms with Crippen molar-refractivity contribution in [1.29, 1.82) is 0 Å². The molecule has 0 aromatic heterocycles. The van der Waals surface area contributed by atoms with Crippen LogP contribution in [0.4, 0.5) is 0 Å². The van der Waals surface area contributed by atoms with Crippen LogP contribution in [0.2, 0.25) is 0 Å². The van der Waals surface area contributed by atoms with Crippen LogP contribution in [0.1, 0.15) is 39.0 Å². The van der Waals surface area contributed by atoms with Crippen LogP contribution in [0.25, 0.3) is 0 Å². The van der Waals surface area contributed by atoms with Crippen LogP contribution in [0.5, 0.6) is 0 Å². The van der Waals surface area contributed by atoms with Crippen molar-refractivity contribution in [3.63, 3.8) is 0 Å². The van der Waals surface area contributed by atoms with Crippen LogP contribution in [-0.2, 0) is 10.2 Å². The summed E-state index contributed by atoms with van der Waals surface area (Å²) in [5.74, 6) is 0.497.